The van der Waals surface area contributed by atoms with Gasteiger partial charge in [0, 0.05) is 49.6 Å². The second-order valence-electron chi connectivity index (χ2n) is 8.76. The molecule has 0 amide bonds. The molecule has 200 valence electrons. The van der Waals surface area contributed by atoms with Gasteiger partial charge in [0.25, 0.3) is 0 Å². The molecule has 0 unspecified atom stereocenters. The molecule has 11 nitrogen and oxygen atoms in total. The van der Waals surface area contributed by atoms with Crippen molar-refractivity contribution in [2.75, 3.05) is 0 Å². The summed E-state index contributed by atoms with van der Waals surface area (Å²) >= 11 is 6.20. The minimum Gasteiger partial charge on any atom is -0.265 e. The maximum absolute atomic E-state index is 13.9. The number of pyridine rings is 4. The Balaban J connectivity index is 1.30. The van der Waals surface area contributed by atoms with Gasteiger partial charge in [0.05, 0.1) is 22.7 Å². The number of rotatable bonds is 4. The van der Waals surface area contributed by atoms with E-state index in [0.717, 1.165) is 42.9 Å². The molecular weight excluding hydrogens is 599 g/mol. The Labute approximate surface area is 249 Å². The molecule has 6 aromatic heterocycles. The molecule has 41 heavy (non-hydrogen) atoms. The minimum absolute atomic E-state index is 0.174. The first-order valence-electron chi connectivity index (χ1n) is 12.2. The third kappa shape index (κ3) is 3.84. The lowest BCUT2D eigenvalue weighted by molar-refractivity contribution is -0.268. The van der Waals surface area contributed by atoms with E-state index < -0.39 is 0 Å². The van der Waals surface area contributed by atoms with Crippen LogP contribution in [-0.2, 0) is 0 Å². The van der Waals surface area contributed by atoms with E-state index in [1.165, 1.54) is 0 Å². The predicted octanol–water partition coefficient (Wildman–Crippen LogP) is 4.72. The first-order valence-corrected chi connectivity index (χ1v) is 15.3. The average Bonchev–Trinajstić information content (AvgIpc) is 3.69. The average molecular weight is 615 g/mol. The fourth-order valence-electron chi connectivity index (χ4n) is 4.67. The van der Waals surface area contributed by atoms with Crippen LogP contribution in [0.2, 0.25) is 0 Å². The van der Waals surface area contributed by atoms with E-state index >= 15 is 0 Å². The van der Waals surface area contributed by atoms with Crippen molar-refractivity contribution in [3.63, 3.8) is 0 Å². The van der Waals surface area contributed by atoms with Crippen LogP contribution in [0.4, 0.5) is 0 Å². The Hall–Kier alpha value is -4.02. The molecule has 0 fully saturated rings. The van der Waals surface area contributed by atoms with E-state index in [1.54, 1.807) is 116 Å². The summed E-state index contributed by atoms with van der Waals surface area (Å²) in [6.45, 7) is 0. The summed E-state index contributed by atoms with van der Waals surface area (Å²) in [6.07, 6.45) is 13.4. The third-order valence-electron chi connectivity index (χ3n) is 6.42. The van der Waals surface area contributed by atoms with Crippen LogP contribution in [0.15, 0.2) is 128 Å². The van der Waals surface area contributed by atoms with Crippen LogP contribution in [0, 0.1) is 0 Å². The lowest BCUT2D eigenvalue weighted by atomic mass is 10.4. The van der Waals surface area contributed by atoms with Gasteiger partial charge < -0.3 is 0 Å². The summed E-state index contributed by atoms with van der Waals surface area (Å²) in [5.74, 6) is 0. The van der Waals surface area contributed by atoms with Gasteiger partial charge in [-0.05, 0) is 48.5 Å². The zero-order valence-corrected chi connectivity index (χ0v) is 24.0. The Morgan fingerprint density at radius 1 is 0.415 bits per heavy atom. The zero-order chi connectivity index (χ0) is 27.6. The molecule has 0 N–H and O–H groups in total. The molecule has 15 heteroatoms. The highest BCUT2D eigenvalue weighted by atomic mass is 32.3. The van der Waals surface area contributed by atoms with Gasteiger partial charge in [-0.2, -0.15) is 0 Å². The van der Waals surface area contributed by atoms with Crippen LogP contribution in [0.5, 0.6) is 0 Å². The third-order valence-corrected chi connectivity index (χ3v) is 12.5. The maximum Gasteiger partial charge on any atom is 0.339 e. The predicted molar refractivity (Wildman–Crippen MR) is 158 cm³/mol. The molecule has 1 spiro atoms. The van der Waals surface area contributed by atoms with Gasteiger partial charge in [0.2, 0.25) is 0 Å². The van der Waals surface area contributed by atoms with E-state index in [1.807, 2.05) is 48.5 Å². The van der Waals surface area contributed by atoms with E-state index in [0.29, 0.717) is 2.10 Å². The molecule has 0 aliphatic carbocycles. The normalized spacial score (nSPS) is 14.8. The van der Waals surface area contributed by atoms with Crippen molar-refractivity contribution in [2.24, 2.45) is 0 Å². The van der Waals surface area contributed by atoms with Crippen LogP contribution in [0.1, 0.15) is 0 Å². The fourth-order valence-corrected chi connectivity index (χ4v) is 11.1. The highest BCUT2D eigenvalue weighted by molar-refractivity contribution is 8.31. The first kappa shape index (κ1) is 24.8. The van der Waals surface area contributed by atoms with Crippen LogP contribution < -0.4 is 11.4 Å². The van der Waals surface area contributed by atoms with Gasteiger partial charge in [-0.25, -0.2) is 27.9 Å². The van der Waals surface area contributed by atoms with Crippen molar-refractivity contribution in [1.29, 1.82) is 0 Å². The topological polar surface area (TPSA) is 105 Å². The van der Waals surface area contributed by atoms with Crippen LogP contribution >= 0.6 is 47.8 Å². The molecule has 2 aliphatic heterocycles. The monoisotopic (exact) mass is 614 g/mol. The summed E-state index contributed by atoms with van der Waals surface area (Å²) in [5.41, 5.74) is 2.56. The SMILES string of the molecule is O=c1n(-c2ccncc2)c2c(n1-c1ccncc1)S[N+]1(S2)Sc2c(n(-c3ccncc3)c(=O)n2-c2ccncc2)S1. The van der Waals surface area contributed by atoms with Crippen molar-refractivity contribution >= 4 is 47.8 Å². The molecule has 2 aliphatic rings. The number of imidazole rings is 2. The maximum atomic E-state index is 13.9. The molecule has 0 saturated heterocycles. The van der Waals surface area contributed by atoms with E-state index in [2.05, 4.69) is 19.9 Å². The van der Waals surface area contributed by atoms with Crippen molar-refractivity contribution in [3.8, 4) is 22.7 Å². The molecule has 0 saturated carbocycles. The van der Waals surface area contributed by atoms with E-state index in [9.17, 15) is 9.59 Å². The molecule has 0 aromatic carbocycles. The minimum atomic E-state index is -0.174. The zero-order valence-electron chi connectivity index (χ0n) is 20.7. The number of hydrogen-bond acceptors (Lipinski definition) is 10. The number of quaternary nitrogens is 1. The van der Waals surface area contributed by atoms with Crippen LogP contribution in [0.3, 0.4) is 0 Å². The first-order chi connectivity index (χ1) is 20.1. The lowest BCUT2D eigenvalue weighted by Crippen LogP contribution is -2.26. The molecule has 0 atom stereocenters. The van der Waals surface area contributed by atoms with Crippen molar-refractivity contribution in [1.82, 2.24) is 38.2 Å². The molecule has 0 bridgehead atoms. The van der Waals surface area contributed by atoms with Gasteiger partial charge in [-0.15, -0.1) is 0 Å². The van der Waals surface area contributed by atoms with Crippen LogP contribution in [-0.4, -0.2) is 40.3 Å². The van der Waals surface area contributed by atoms with Crippen molar-refractivity contribution in [3.05, 3.63) is 119 Å². The van der Waals surface area contributed by atoms with Gasteiger partial charge in [-0.3, -0.25) is 19.9 Å². The highest BCUT2D eigenvalue weighted by Gasteiger charge is 2.58. The summed E-state index contributed by atoms with van der Waals surface area (Å²) in [4.78, 5) is 44.3. The van der Waals surface area contributed by atoms with E-state index in [-0.39, 0.29) is 11.4 Å². The molecule has 0 radical (unpaired) electrons. The van der Waals surface area contributed by atoms with Gasteiger partial charge in [0.1, 0.15) is 0 Å². The standard InChI is InChI=1S/C26H16N9O2S4/c36-25-31(17-1-9-27-10-2-17)21-22(32(25)18-3-11-28-12-4-18)39-35(38-21)40-23-24(41-35)34(20-7-15-30-16-8-20)26(37)33(23)19-5-13-29-14-6-19/h1-16H/q+1. The number of nitrogens with zero attached hydrogens (tertiary/aromatic N) is 9. The smallest absolute Gasteiger partial charge is 0.265 e. The largest absolute Gasteiger partial charge is 0.339 e. The summed E-state index contributed by atoms with van der Waals surface area (Å²) in [5, 5.41) is 3.23. The molecular formula is C26H16N9O2S4+. The number of fused-ring (bicyclic) bond motifs is 2. The van der Waals surface area contributed by atoms with Gasteiger partial charge in [0.15, 0.2) is 67.9 Å². The van der Waals surface area contributed by atoms with Crippen molar-refractivity contribution < 1.29 is 2.10 Å². The Morgan fingerprint density at radius 2 is 0.634 bits per heavy atom. The number of aromatic nitrogens is 8. The quantitative estimate of drug-likeness (QED) is 0.205. The molecule has 8 rings (SSSR count). The van der Waals surface area contributed by atoms with Crippen LogP contribution in [0.25, 0.3) is 22.7 Å². The summed E-state index contributed by atoms with van der Waals surface area (Å²) < 4.78 is 7.22. The summed E-state index contributed by atoms with van der Waals surface area (Å²) in [7, 11) is 0. The molecule has 8 heterocycles. The Bertz CT molecular complexity index is 1750. The van der Waals surface area contributed by atoms with Crippen molar-refractivity contribution in [2.45, 2.75) is 20.1 Å². The Morgan fingerprint density at radius 3 is 0.854 bits per heavy atom. The fraction of sp³-hybridized carbons (Fsp3) is 0. The Kier molecular flexibility index (Phi) is 5.75. The second kappa shape index (κ2) is 9.53. The lowest BCUT2D eigenvalue weighted by Gasteiger charge is -2.18. The van der Waals surface area contributed by atoms with Gasteiger partial charge in [-0.1, -0.05) is 2.10 Å². The van der Waals surface area contributed by atoms with Gasteiger partial charge >= 0.3 is 11.4 Å². The molecule has 6 aromatic rings. The van der Waals surface area contributed by atoms with E-state index in [4.69, 9.17) is 0 Å². The number of hydrogen-bond donors (Lipinski definition) is 0. The summed E-state index contributed by atoms with van der Waals surface area (Å²) in [6, 6.07) is 14.6. The second-order valence-corrected chi connectivity index (χ2v) is 14.6. The highest BCUT2D eigenvalue weighted by Crippen LogP contribution is 2.71.